The summed E-state index contributed by atoms with van der Waals surface area (Å²) >= 11 is 0. The lowest BCUT2D eigenvalue weighted by Crippen LogP contribution is -2.96. The number of hydrogen-bond acceptors (Lipinski definition) is 7. The number of rotatable bonds is 10. The quantitative estimate of drug-likeness (QED) is 0.282. The number of piperidine rings is 1. The van der Waals surface area contributed by atoms with Gasteiger partial charge in [0.05, 0.1) is 12.6 Å². The summed E-state index contributed by atoms with van der Waals surface area (Å²) in [5.41, 5.74) is 5.47. The SMILES string of the molecule is CC=C(C)C(=O)OC(C)(C)C1(CC2CC(N)[NH2+]CC2CC(=O)N2CCC2CCC(C)C)CC2CC3CCC(=O)OC3CC2O1. The number of allylic oxidation sites excluding steroid dienone is 1. The van der Waals surface area contributed by atoms with Gasteiger partial charge in [0.1, 0.15) is 23.5 Å². The molecule has 5 fully saturated rings. The molecule has 0 aromatic carbocycles. The van der Waals surface area contributed by atoms with Crippen LogP contribution in [0.2, 0.25) is 0 Å². The van der Waals surface area contributed by atoms with Crippen LogP contribution in [0.4, 0.5) is 0 Å². The molecule has 0 bridgehead atoms. The lowest BCUT2D eigenvalue weighted by molar-refractivity contribution is -0.706. The Bertz CT molecular complexity index is 1110. The van der Waals surface area contributed by atoms with Crippen molar-refractivity contribution in [2.45, 2.75) is 148 Å². The monoisotopic (exact) mass is 616 g/mol. The Hall–Kier alpha value is -1.97. The van der Waals surface area contributed by atoms with E-state index in [-0.39, 0.29) is 48.1 Å². The van der Waals surface area contributed by atoms with Gasteiger partial charge in [0, 0.05) is 49.8 Å². The fraction of sp³-hybridized carbons (Fsp3) is 0.857. The number of nitrogens with two attached hydrogens (primary N) is 2. The van der Waals surface area contributed by atoms with E-state index in [1.807, 2.05) is 20.8 Å². The highest BCUT2D eigenvalue weighted by atomic mass is 16.6. The number of ether oxygens (including phenoxy) is 3. The second kappa shape index (κ2) is 13.4. The van der Waals surface area contributed by atoms with Gasteiger partial charge in [-0.05, 0) is 96.3 Å². The number of hydrogen-bond donors (Lipinski definition) is 2. The number of likely N-dealkylation sites (tertiary alicyclic amines) is 1. The highest BCUT2D eigenvalue weighted by Crippen LogP contribution is 2.55. The molecule has 4 N–H and O–H groups in total. The van der Waals surface area contributed by atoms with Crippen LogP contribution in [-0.2, 0) is 28.6 Å². The molecule has 1 amide bonds. The third kappa shape index (κ3) is 7.05. The zero-order chi connectivity index (χ0) is 31.8. The normalized spacial score (nSPS) is 37.6. The summed E-state index contributed by atoms with van der Waals surface area (Å²) in [6.07, 6.45) is 10.7. The van der Waals surface area contributed by atoms with Crippen LogP contribution in [0.25, 0.3) is 0 Å². The molecule has 9 unspecified atom stereocenters. The largest absolute Gasteiger partial charge is 0.462 e. The number of quaternary nitrogens is 1. The number of fused-ring (bicyclic) bond motifs is 2. The van der Waals surface area contributed by atoms with Crippen molar-refractivity contribution in [3.8, 4) is 0 Å². The topological polar surface area (TPSA) is 125 Å². The van der Waals surface area contributed by atoms with Crippen LogP contribution < -0.4 is 11.1 Å². The van der Waals surface area contributed by atoms with E-state index in [1.165, 1.54) is 0 Å². The molecule has 248 valence electrons. The summed E-state index contributed by atoms with van der Waals surface area (Å²) in [6.45, 7) is 13.8. The summed E-state index contributed by atoms with van der Waals surface area (Å²) in [5, 5.41) is 2.18. The van der Waals surface area contributed by atoms with Gasteiger partial charge in [-0.1, -0.05) is 19.9 Å². The zero-order valence-corrected chi connectivity index (χ0v) is 28.0. The molecular formula is C35H58N3O6+. The van der Waals surface area contributed by atoms with Crippen molar-refractivity contribution in [1.29, 1.82) is 0 Å². The van der Waals surface area contributed by atoms with Crippen LogP contribution in [0.3, 0.4) is 0 Å². The average Bonchev–Trinajstić information content (AvgIpc) is 3.30. The third-order valence-corrected chi connectivity index (χ3v) is 11.8. The molecule has 0 aromatic heterocycles. The molecule has 4 aliphatic heterocycles. The summed E-state index contributed by atoms with van der Waals surface area (Å²) in [7, 11) is 0. The van der Waals surface area contributed by atoms with Crippen molar-refractivity contribution in [2.75, 3.05) is 13.1 Å². The van der Waals surface area contributed by atoms with Crippen molar-refractivity contribution in [3.63, 3.8) is 0 Å². The highest BCUT2D eigenvalue weighted by molar-refractivity contribution is 5.88. The molecule has 9 heteroatoms. The number of amides is 1. The van der Waals surface area contributed by atoms with Gasteiger partial charge in [-0.15, -0.1) is 0 Å². The second-order valence-electron chi connectivity index (χ2n) is 15.6. The number of carbonyl (C=O) groups is 3. The molecule has 0 radical (unpaired) electrons. The lowest BCUT2D eigenvalue weighted by atomic mass is 9.67. The molecule has 5 rings (SSSR count). The van der Waals surface area contributed by atoms with Gasteiger partial charge in [-0.2, -0.15) is 0 Å². The van der Waals surface area contributed by atoms with Crippen LogP contribution in [0, 0.1) is 29.6 Å². The first-order valence-corrected chi connectivity index (χ1v) is 17.4. The van der Waals surface area contributed by atoms with Crippen molar-refractivity contribution in [2.24, 2.45) is 35.3 Å². The van der Waals surface area contributed by atoms with Crippen LogP contribution in [0.15, 0.2) is 11.6 Å². The van der Waals surface area contributed by atoms with Gasteiger partial charge < -0.3 is 24.4 Å². The Balaban J connectivity index is 1.37. The van der Waals surface area contributed by atoms with Crippen molar-refractivity contribution >= 4 is 17.8 Å². The van der Waals surface area contributed by atoms with Crippen LogP contribution >= 0.6 is 0 Å². The van der Waals surface area contributed by atoms with Crippen LogP contribution in [0.5, 0.6) is 0 Å². The molecule has 0 spiro atoms. The fourth-order valence-electron chi connectivity index (χ4n) is 8.73. The summed E-state index contributed by atoms with van der Waals surface area (Å²) in [4.78, 5) is 41.0. The lowest BCUT2D eigenvalue weighted by Gasteiger charge is -2.47. The Kier molecular flexibility index (Phi) is 10.2. The Morgan fingerprint density at radius 3 is 2.61 bits per heavy atom. The van der Waals surface area contributed by atoms with Gasteiger partial charge >= 0.3 is 11.9 Å². The Labute approximate surface area is 264 Å². The minimum absolute atomic E-state index is 0.0342. The number of carbonyl (C=O) groups excluding carboxylic acids is 3. The predicted molar refractivity (Wildman–Crippen MR) is 167 cm³/mol. The second-order valence-corrected chi connectivity index (χ2v) is 15.6. The minimum Gasteiger partial charge on any atom is -0.462 e. The van der Waals surface area contributed by atoms with Gasteiger partial charge in [-0.25, -0.2) is 4.79 Å². The van der Waals surface area contributed by atoms with E-state index < -0.39 is 11.2 Å². The molecule has 4 heterocycles. The maximum absolute atomic E-state index is 13.7. The van der Waals surface area contributed by atoms with Gasteiger partial charge in [-0.3, -0.25) is 15.3 Å². The van der Waals surface area contributed by atoms with Crippen molar-refractivity contribution in [1.82, 2.24) is 4.90 Å². The Morgan fingerprint density at radius 2 is 1.93 bits per heavy atom. The summed E-state index contributed by atoms with van der Waals surface area (Å²) in [5.74, 6) is 1.46. The molecule has 5 aliphatic rings. The predicted octanol–water partition coefficient (Wildman–Crippen LogP) is 3.84. The first kappa shape index (κ1) is 33.4. The first-order valence-electron chi connectivity index (χ1n) is 17.4. The molecule has 1 saturated carbocycles. The molecule has 9 atom stereocenters. The average molecular weight is 617 g/mol. The minimum atomic E-state index is -0.910. The van der Waals surface area contributed by atoms with Gasteiger partial charge in [0.2, 0.25) is 5.91 Å². The summed E-state index contributed by atoms with van der Waals surface area (Å²) < 4.78 is 19.2. The molecule has 9 nitrogen and oxygen atoms in total. The summed E-state index contributed by atoms with van der Waals surface area (Å²) in [6, 6.07) is 0.372. The maximum atomic E-state index is 13.7. The standard InChI is InChI=1S/C35H57N3O6/c1-7-22(4)33(41)44-34(5,6)35(19-25-14-23-9-11-32(40)42-28(23)17-29(25)43-35)18-24-15-30(36)37-20-26(24)16-31(39)38-13-12-27(38)10-8-21(2)3/h7,21,23-30,37H,8-20,36H2,1-6H3/p+1. The molecule has 1 aliphatic carbocycles. The molecule has 44 heavy (non-hydrogen) atoms. The van der Waals surface area contributed by atoms with E-state index in [0.717, 1.165) is 58.0 Å². The van der Waals surface area contributed by atoms with E-state index in [1.54, 1.807) is 13.0 Å². The highest BCUT2D eigenvalue weighted by Gasteiger charge is 2.61. The van der Waals surface area contributed by atoms with Gasteiger partial charge in [0.15, 0.2) is 0 Å². The van der Waals surface area contributed by atoms with E-state index in [4.69, 9.17) is 19.9 Å². The van der Waals surface area contributed by atoms with E-state index in [2.05, 4.69) is 24.1 Å². The van der Waals surface area contributed by atoms with E-state index in [0.29, 0.717) is 55.1 Å². The molecule has 0 aromatic rings. The van der Waals surface area contributed by atoms with Gasteiger partial charge in [0.25, 0.3) is 0 Å². The first-order chi connectivity index (χ1) is 20.8. The van der Waals surface area contributed by atoms with E-state index in [9.17, 15) is 14.4 Å². The maximum Gasteiger partial charge on any atom is 0.334 e. The van der Waals surface area contributed by atoms with Crippen LogP contribution in [0.1, 0.15) is 112 Å². The third-order valence-electron chi connectivity index (χ3n) is 11.8. The van der Waals surface area contributed by atoms with Crippen LogP contribution in [-0.4, -0.2) is 71.5 Å². The number of nitrogens with zero attached hydrogens (tertiary/aromatic N) is 1. The van der Waals surface area contributed by atoms with Crippen molar-refractivity contribution in [3.05, 3.63) is 11.6 Å². The Morgan fingerprint density at radius 1 is 1.16 bits per heavy atom. The zero-order valence-electron chi connectivity index (χ0n) is 28.0. The van der Waals surface area contributed by atoms with Crippen molar-refractivity contribution < 1.29 is 33.9 Å². The molecular weight excluding hydrogens is 558 g/mol. The number of esters is 2. The molecule has 4 saturated heterocycles. The smallest absolute Gasteiger partial charge is 0.334 e. The van der Waals surface area contributed by atoms with E-state index >= 15 is 0 Å². The fourth-order valence-corrected chi connectivity index (χ4v) is 8.73.